The molecule has 0 fully saturated rings. The van der Waals surface area contributed by atoms with Gasteiger partial charge in [0.2, 0.25) is 5.91 Å². The molecule has 30 heavy (non-hydrogen) atoms. The fourth-order valence-corrected chi connectivity index (χ4v) is 5.99. The van der Waals surface area contributed by atoms with Crippen molar-refractivity contribution in [2.24, 2.45) is 0 Å². The van der Waals surface area contributed by atoms with Crippen LogP contribution in [0.3, 0.4) is 0 Å². The quantitative estimate of drug-likeness (QED) is 0.399. The Labute approximate surface area is 183 Å². The molecule has 0 bridgehead atoms. The number of nitrogens with zero attached hydrogens (tertiary/aromatic N) is 1. The van der Waals surface area contributed by atoms with Crippen LogP contribution < -0.4 is 10.9 Å². The van der Waals surface area contributed by atoms with Gasteiger partial charge < -0.3 is 15.0 Å². The standard InChI is InChI=1S/C21H25N3O4S2/c1-2-28-20(27)17-13-8-4-6-10-15(13)30-19(17)23-16(25)11-29-21-22-14-9-5-3-7-12(14)18(26)24-21/h2-11H2,1H3,(H,23,25)(H,22,24,26). The molecule has 0 saturated heterocycles. The summed E-state index contributed by atoms with van der Waals surface area (Å²) >= 11 is 2.68. The first-order valence-electron chi connectivity index (χ1n) is 10.4. The summed E-state index contributed by atoms with van der Waals surface area (Å²) in [5.74, 6) is -0.503. The number of aromatic nitrogens is 2. The number of thiophene rings is 1. The molecule has 7 nitrogen and oxygen atoms in total. The smallest absolute Gasteiger partial charge is 0.341 e. The van der Waals surface area contributed by atoms with E-state index in [0.717, 1.165) is 73.1 Å². The number of esters is 1. The van der Waals surface area contributed by atoms with Gasteiger partial charge in [-0.3, -0.25) is 9.59 Å². The number of aryl methyl sites for hydroxylation is 2. The molecule has 0 atom stereocenters. The van der Waals surface area contributed by atoms with Crippen molar-refractivity contribution in [1.29, 1.82) is 0 Å². The molecule has 4 rings (SSSR count). The van der Waals surface area contributed by atoms with E-state index < -0.39 is 0 Å². The Balaban J connectivity index is 1.47. The third-order valence-corrected chi connectivity index (χ3v) is 7.49. The molecule has 1 amide bonds. The molecule has 0 unspecified atom stereocenters. The summed E-state index contributed by atoms with van der Waals surface area (Å²) in [5.41, 5.74) is 3.06. The number of carbonyl (C=O) groups excluding carboxylic acids is 2. The van der Waals surface area contributed by atoms with Crippen molar-refractivity contribution < 1.29 is 14.3 Å². The predicted molar refractivity (Wildman–Crippen MR) is 118 cm³/mol. The summed E-state index contributed by atoms with van der Waals surface area (Å²) in [6, 6.07) is 0. The van der Waals surface area contributed by atoms with E-state index in [-0.39, 0.29) is 23.2 Å². The van der Waals surface area contributed by atoms with Crippen LogP contribution in [-0.2, 0) is 35.2 Å². The number of rotatable bonds is 6. The normalized spacial score (nSPS) is 15.2. The lowest BCUT2D eigenvalue weighted by Gasteiger charge is -2.14. The first-order chi connectivity index (χ1) is 14.6. The second kappa shape index (κ2) is 9.34. The lowest BCUT2D eigenvalue weighted by Crippen LogP contribution is -2.22. The number of hydrogen-bond donors (Lipinski definition) is 2. The monoisotopic (exact) mass is 447 g/mol. The van der Waals surface area contributed by atoms with E-state index in [9.17, 15) is 14.4 Å². The third kappa shape index (κ3) is 4.46. The van der Waals surface area contributed by atoms with Crippen LogP contribution in [0.25, 0.3) is 0 Å². The van der Waals surface area contributed by atoms with Gasteiger partial charge in [0, 0.05) is 10.4 Å². The van der Waals surface area contributed by atoms with Gasteiger partial charge in [-0.25, -0.2) is 9.78 Å². The molecule has 0 spiro atoms. The van der Waals surface area contributed by atoms with Crippen LogP contribution in [0.2, 0.25) is 0 Å². The zero-order valence-electron chi connectivity index (χ0n) is 17.0. The Kier molecular flexibility index (Phi) is 6.58. The van der Waals surface area contributed by atoms with Crippen molar-refractivity contribution in [3.05, 3.63) is 37.6 Å². The molecule has 2 aliphatic carbocycles. The number of fused-ring (bicyclic) bond motifs is 2. The fourth-order valence-electron chi connectivity index (χ4n) is 4.02. The van der Waals surface area contributed by atoms with E-state index in [4.69, 9.17) is 4.74 Å². The van der Waals surface area contributed by atoms with Gasteiger partial charge in [0.05, 0.1) is 23.6 Å². The van der Waals surface area contributed by atoms with Gasteiger partial charge in [-0.15, -0.1) is 11.3 Å². The summed E-state index contributed by atoms with van der Waals surface area (Å²) in [4.78, 5) is 45.9. The number of nitrogens with one attached hydrogen (secondary N) is 2. The highest BCUT2D eigenvalue weighted by Gasteiger charge is 2.27. The van der Waals surface area contributed by atoms with Crippen molar-refractivity contribution in [3.63, 3.8) is 0 Å². The van der Waals surface area contributed by atoms with Gasteiger partial charge in [0.1, 0.15) is 5.00 Å². The Hall–Kier alpha value is -2.13. The molecule has 2 aliphatic rings. The van der Waals surface area contributed by atoms with Gasteiger partial charge in [0.25, 0.3) is 5.56 Å². The number of ether oxygens (including phenoxy) is 1. The maximum Gasteiger partial charge on any atom is 0.341 e. The number of amides is 1. The molecule has 9 heteroatoms. The van der Waals surface area contributed by atoms with Gasteiger partial charge in [0.15, 0.2) is 5.16 Å². The molecule has 2 heterocycles. The van der Waals surface area contributed by atoms with E-state index in [1.54, 1.807) is 6.92 Å². The second-order valence-electron chi connectivity index (χ2n) is 7.48. The first-order valence-corrected chi connectivity index (χ1v) is 12.2. The highest BCUT2D eigenvalue weighted by molar-refractivity contribution is 7.99. The predicted octanol–water partition coefficient (Wildman–Crippen LogP) is 3.50. The zero-order chi connectivity index (χ0) is 21.1. The van der Waals surface area contributed by atoms with E-state index in [1.807, 2.05) is 0 Å². The molecular weight excluding hydrogens is 422 g/mol. The molecule has 2 aromatic rings. The summed E-state index contributed by atoms with van der Waals surface area (Å²) in [6.07, 6.45) is 7.52. The molecule has 2 aromatic heterocycles. The number of thioether (sulfide) groups is 1. The van der Waals surface area contributed by atoms with Crippen LogP contribution in [-0.4, -0.2) is 34.2 Å². The molecule has 160 valence electrons. The first kappa shape index (κ1) is 21.1. The van der Waals surface area contributed by atoms with E-state index in [0.29, 0.717) is 22.3 Å². The summed E-state index contributed by atoms with van der Waals surface area (Å²) in [6.45, 7) is 2.07. The summed E-state index contributed by atoms with van der Waals surface area (Å²) in [5, 5.41) is 3.92. The van der Waals surface area contributed by atoms with Crippen molar-refractivity contribution in [1.82, 2.24) is 9.97 Å². The number of hydrogen-bond acceptors (Lipinski definition) is 7. The Morgan fingerprint density at radius 3 is 2.67 bits per heavy atom. The number of H-pyrrole nitrogens is 1. The molecule has 0 aromatic carbocycles. The molecule has 2 N–H and O–H groups in total. The fraction of sp³-hybridized carbons (Fsp3) is 0.524. The third-order valence-electron chi connectivity index (χ3n) is 5.41. The molecule has 0 aliphatic heterocycles. The Morgan fingerprint density at radius 1 is 1.13 bits per heavy atom. The minimum atomic E-state index is -0.375. The lowest BCUT2D eigenvalue weighted by molar-refractivity contribution is -0.113. The van der Waals surface area contributed by atoms with Crippen molar-refractivity contribution >= 4 is 40.0 Å². The minimum Gasteiger partial charge on any atom is -0.462 e. The van der Waals surface area contributed by atoms with Gasteiger partial charge in [-0.05, 0) is 63.9 Å². The van der Waals surface area contributed by atoms with E-state index in [2.05, 4.69) is 15.3 Å². The Bertz CT molecular complexity index is 1030. The van der Waals surface area contributed by atoms with Crippen molar-refractivity contribution in [2.45, 2.75) is 63.4 Å². The second-order valence-corrected chi connectivity index (χ2v) is 9.54. The molecular formula is C21H25N3O4S2. The topological polar surface area (TPSA) is 101 Å². The van der Waals surface area contributed by atoms with Gasteiger partial charge in [-0.2, -0.15) is 0 Å². The van der Waals surface area contributed by atoms with Crippen LogP contribution in [0, 0.1) is 0 Å². The maximum absolute atomic E-state index is 12.6. The largest absolute Gasteiger partial charge is 0.462 e. The number of aromatic amines is 1. The molecule has 0 saturated carbocycles. The average Bonchev–Trinajstić information content (AvgIpc) is 3.10. The van der Waals surface area contributed by atoms with E-state index >= 15 is 0 Å². The Morgan fingerprint density at radius 2 is 1.87 bits per heavy atom. The average molecular weight is 448 g/mol. The van der Waals surface area contributed by atoms with Gasteiger partial charge in [-0.1, -0.05) is 11.8 Å². The molecule has 0 radical (unpaired) electrons. The van der Waals surface area contributed by atoms with Gasteiger partial charge >= 0.3 is 5.97 Å². The maximum atomic E-state index is 12.6. The van der Waals surface area contributed by atoms with Crippen LogP contribution in [0.1, 0.15) is 64.7 Å². The summed E-state index contributed by atoms with van der Waals surface area (Å²) in [7, 11) is 0. The highest BCUT2D eigenvalue weighted by atomic mass is 32.2. The number of carbonyl (C=O) groups is 2. The van der Waals surface area contributed by atoms with Crippen LogP contribution in [0.5, 0.6) is 0 Å². The van der Waals surface area contributed by atoms with Crippen LogP contribution in [0.4, 0.5) is 5.00 Å². The zero-order valence-corrected chi connectivity index (χ0v) is 18.6. The van der Waals surface area contributed by atoms with Crippen LogP contribution in [0.15, 0.2) is 9.95 Å². The van der Waals surface area contributed by atoms with Crippen molar-refractivity contribution in [2.75, 3.05) is 17.7 Å². The highest BCUT2D eigenvalue weighted by Crippen LogP contribution is 2.38. The lowest BCUT2D eigenvalue weighted by atomic mass is 9.95. The summed E-state index contributed by atoms with van der Waals surface area (Å²) < 4.78 is 5.23. The van der Waals surface area contributed by atoms with E-state index in [1.165, 1.54) is 23.1 Å². The van der Waals surface area contributed by atoms with Crippen LogP contribution >= 0.6 is 23.1 Å². The number of anilines is 1. The minimum absolute atomic E-state index is 0.0989. The SMILES string of the molecule is CCOC(=O)c1c(NC(=O)CSc2nc3c(c(=O)[nH]2)CCCC3)sc2c1CCCC2. The van der Waals surface area contributed by atoms with Crippen molar-refractivity contribution in [3.8, 4) is 0 Å².